The summed E-state index contributed by atoms with van der Waals surface area (Å²) in [5, 5.41) is 3.11. The lowest BCUT2D eigenvalue weighted by Gasteiger charge is -2.16. The smallest absolute Gasteiger partial charge is 0.431 e. The van der Waals surface area contributed by atoms with Gasteiger partial charge in [0.1, 0.15) is 6.10 Å². The van der Waals surface area contributed by atoms with Crippen molar-refractivity contribution in [1.82, 2.24) is 5.32 Å². The van der Waals surface area contributed by atoms with Crippen LogP contribution in [-0.4, -0.2) is 25.0 Å². The zero-order valence-electron chi connectivity index (χ0n) is 13.2. The Balaban J connectivity index is 1.93. The van der Waals surface area contributed by atoms with Crippen molar-refractivity contribution in [3.8, 4) is 0 Å². The van der Waals surface area contributed by atoms with Gasteiger partial charge < -0.3 is 9.47 Å². The van der Waals surface area contributed by atoms with Gasteiger partial charge in [-0.2, -0.15) is 0 Å². The molecule has 0 aromatic rings. The molecule has 2 atom stereocenters. The van der Waals surface area contributed by atoms with Crippen molar-refractivity contribution >= 4 is 6.16 Å². The first kappa shape index (κ1) is 17.3. The lowest BCUT2D eigenvalue weighted by Crippen LogP contribution is -2.29. The van der Waals surface area contributed by atoms with Gasteiger partial charge in [-0.15, -0.1) is 0 Å². The maximum atomic E-state index is 11.5. The van der Waals surface area contributed by atoms with E-state index < -0.39 is 6.16 Å². The topological polar surface area (TPSA) is 47.6 Å². The van der Waals surface area contributed by atoms with E-state index in [2.05, 4.69) is 12.2 Å². The summed E-state index contributed by atoms with van der Waals surface area (Å²) in [5.41, 5.74) is 0. The Morgan fingerprint density at radius 1 is 1.20 bits per heavy atom. The van der Waals surface area contributed by atoms with Gasteiger partial charge in [0.15, 0.2) is 6.23 Å². The molecule has 1 aliphatic rings. The molecule has 0 aromatic heterocycles. The van der Waals surface area contributed by atoms with Crippen LogP contribution < -0.4 is 5.32 Å². The quantitative estimate of drug-likeness (QED) is 0.478. The number of ether oxygens (including phenoxy) is 2. The summed E-state index contributed by atoms with van der Waals surface area (Å²) in [6, 6.07) is 0. The van der Waals surface area contributed by atoms with E-state index in [1.54, 1.807) is 0 Å². The Kier molecular flexibility index (Phi) is 9.46. The Bertz CT molecular complexity index is 252. The molecule has 4 nitrogen and oxygen atoms in total. The summed E-state index contributed by atoms with van der Waals surface area (Å²) >= 11 is 0. The Morgan fingerprint density at radius 2 is 1.90 bits per heavy atom. The van der Waals surface area contributed by atoms with Gasteiger partial charge in [0.25, 0.3) is 0 Å². The summed E-state index contributed by atoms with van der Waals surface area (Å²) in [6.45, 7) is 5.10. The van der Waals surface area contributed by atoms with Crippen molar-refractivity contribution < 1.29 is 14.3 Å². The van der Waals surface area contributed by atoms with Crippen LogP contribution in [0.3, 0.4) is 0 Å². The third kappa shape index (κ3) is 8.41. The first-order valence-corrected chi connectivity index (χ1v) is 8.33. The molecule has 1 heterocycles. The fourth-order valence-corrected chi connectivity index (χ4v) is 2.51. The molecular weight excluding hydrogens is 254 g/mol. The number of carbonyl (C=O) groups is 1. The molecule has 4 heteroatoms. The van der Waals surface area contributed by atoms with E-state index in [9.17, 15) is 4.79 Å². The fourth-order valence-electron chi connectivity index (χ4n) is 2.51. The van der Waals surface area contributed by atoms with Gasteiger partial charge in [0.2, 0.25) is 0 Å². The minimum atomic E-state index is -0.528. The van der Waals surface area contributed by atoms with Gasteiger partial charge in [-0.25, -0.2) is 4.79 Å². The lowest BCUT2D eigenvalue weighted by molar-refractivity contribution is -0.00330. The molecule has 20 heavy (non-hydrogen) atoms. The molecular formula is C16H31NO3. The van der Waals surface area contributed by atoms with E-state index in [1.165, 1.54) is 38.5 Å². The van der Waals surface area contributed by atoms with Crippen LogP contribution in [0.15, 0.2) is 0 Å². The van der Waals surface area contributed by atoms with Gasteiger partial charge >= 0.3 is 6.16 Å². The Labute approximate surface area is 123 Å². The van der Waals surface area contributed by atoms with E-state index in [0.717, 1.165) is 32.2 Å². The third-order valence-electron chi connectivity index (χ3n) is 3.77. The first-order chi connectivity index (χ1) is 9.72. The number of nitrogens with one attached hydrogen (secondary N) is 1. The minimum absolute atomic E-state index is 0.0421. The van der Waals surface area contributed by atoms with Crippen LogP contribution in [0, 0.1) is 0 Å². The van der Waals surface area contributed by atoms with E-state index in [1.807, 2.05) is 6.92 Å². The summed E-state index contributed by atoms with van der Waals surface area (Å²) in [7, 11) is 0. The normalized spacial score (nSPS) is 19.8. The highest BCUT2D eigenvalue weighted by Crippen LogP contribution is 2.12. The van der Waals surface area contributed by atoms with Crippen molar-refractivity contribution in [2.75, 3.05) is 6.54 Å². The zero-order valence-corrected chi connectivity index (χ0v) is 13.2. The molecule has 0 aromatic carbocycles. The molecule has 0 aliphatic carbocycles. The molecule has 0 saturated carbocycles. The monoisotopic (exact) mass is 285 g/mol. The molecule has 118 valence electrons. The van der Waals surface area contributed by atoms with Crippen molar-refractivity contribution in [2.24, 2.45) is 0 Å². The van der Waals surface area contributed by atoms with Crippen LogP contribution in [0.1, 0.15) is 78.1 Å². The number of carbonyl (C=O) groups excluding carboxylic acids is 1. The summed E-state index contributed by atoms with van der Waals surface area (Å²) in [4.78, 5) is 11.5. The van der Waals surface area contributed by atoms with Gasteiger partial charge in [-0.3, -0.25) is 5.32 Å². The molecule has 1 saturated heterocycles. The molecule has 0 amide bonds. The van der Waals surface area contributed by atoms with Gasteiger partial charge in [-0.1, -0.05) is 45.4 Å². The van der Waals surface area contributed by atoms with Gasteiger partial charge in [-0.05, 0) is 39.2 Å². The number of unbranched alkanes of at least 4 members (excludes halogenated alkanes) is 6. The SMILES string of the molecule is CCCCCCCCCC(C)OC(=O)OC1CCCN1. The predicted molar refractivity (Wildman–Crippen MR) is 80.7 cm³/mol. The van der Waals surface area contributed by atoms with Gasteiger partial charge in [0, 0.05) is 0 Å². The molecule has 1 rings (SSSR count). The van der Waals surface area contributed by atoms with E-state index >= 15 is 0 Å². The average Bonchev–Trinajstić information content (AvgIpc) is 2.90. The third-order valence-corrected chi connectivity index (χ3v) is 3.77. The second-order valence-corrected chi connectivity index (χ2v) is 5.79. The first-order valence-electron chi connectivity index (χ1n) is 8.33. The zero-order chi connectivity index (χ0) is 14.6. The summed E-state index contributed by atoms with van der Waals surface area (Å²) in [5.74, 6) is 0. The van der Waals surface area contributed by atoms with Crippen molar-refractivity contribution in [2.45, 2.75) is 90.4 Å². The van der Waals surface area contributed by atoms with Gasteiger partial charge in [0.05, 0.1) is 0 Å². The van der Waals surface area contributed by atoms with E-state index in [-0.39, 0.29) is 12.3 Å². The lowest BCUT2D eigenvalue weighted by atomic mass is 10.1. The van der Waals surface area contributed by atoms with Crippen molar-refractivity contribution in [3.63, 3.8) is 0 Å². The standard InChI is InChI=1S/C16H31NO3/c1-3-4-5-6-7-8-9-11-14(2)19-16(18)20-15-12-10-13-17-15/h14-15,17H,3-13H2,1-2H3. The molecule has 0 spiro atoms. The highest BCUT2D eigenvalue weighted by atomic mass is 16.7. The second kappa shape index (κ2) is 11.0. The van der Waals surface area contributed by atoms with Crippen molar-refractivity contribution in [3.05, 3.63) is 0 Å². The number of rotatable bonds is 10. The molecule has 1 fully saturated rings. The highest BCUT2D eigenvalue weighted by Gasteiger charge is 2.20. The maximum Gasteiger partial charge on any atom is 0.510 e. The largest absolute Gasteiger partial charge is 0.510 e. The van der Waals surface area contributed by atoms with Crippen LogP contribution in [0.2, 0.25) is 0 Å². The summed E-state index contributed by atoms with van der Waals surface area (Å²) < 4.78 is 10.4. The highest BCUT2D eigenvalue weighted by molar-refractivity contribution is 5.60. The van der Waals surface area contributed by atoms with Crippen LogP contribution >= 0.6 is 0 Å². The number of hydrogen-bond acceptors (Lipinski definition) is 4. The van der Waals surface area contributed by atoms with Crippen molar-refractivity contribution in [1.29, 1.82) is 0 Å². The molecule has 2 unspecified atom stereocenters. The molecule has 0 bridgehead atoms. The Morgan fingerprint density at radius 3 is 2.55 bits per heavy atom. The summed E-state index contributed by atoms with van der Waals surface area (Å²) in [6.07, 6.45) is 11.1. The Hall–Kier alpha value is -0.770. The fraction of sp³-hybridized carbons (Fsp3) is 0.938. The predicted octanol–water partition coefficient (Wildman–Crippen LogP) is 4.38. The second-order valence-electron chi connectivity index (χ2n) is 5.79. The molecule has 1 N–H and O–H groups in total. The average molecular weight is 285 g/mol. The minimum Gasteiger partial charge on any atom is -0.431 e. The van der Waals surface area contributed by atoms with Crippen LogP contribution in [-0.2, 0) is 9.47 Å². The van der Waals surface area contributed by atoms with Crippen LogP contribution in [0.4, 0.5) is 4.79 Å². The van der Waals surface area contributed by atoms with E-state index in [4.69, 9.17) is 9.47 Å². The van der Waals surface area contributed by atoms with Crippen LogP contribution in [0.25, 0.3) is 0 Å². The van der Waals surface area contributed by atoms with E-state index in [0.29, 0.717) is 0 Å². The number of hydrogen-bond donors (Lipinski definition) is 1. The van der Waals surface area contributed by atoms with Crippen LogP contribution in [0.5, 0.6) is 0 Å². The molecule has 0 radical (unpaired) electrons. The maximum absolute atomic E-state index is 11.5. The molecule has 1 aliphatic heterocycles.